The molecule has 1 unspecified atom stereocenters. The molecule has 22 heavy (non-hydrogen) atoms. The van der Waals surface area contributed by atoms with Gasteiger partial charge in [-0.25, -0.2) is 4.57 Å². The van der Waals surface area contributed by atoms with Gasteiger partial charge in [0.1, 0.15) is 12.6 Å². The third-order valence-electron chi connectivity index (χ3n) is 3.67. The van der Waals surface area contributed by atoms with Gasteiger partial charge >= 0.3 is 7.82 Å². The van der Waals surface area contributed by atoms with Crippen molar-refractivity contribution in [3.05, 3.63) is 0 Å². The average molecular weight is 338 g/mol. The van der Waals surface area contributed by atoms with E-state index >= 15 is 0 Å². The van der Waals surface area contributed by atoms with Crippen LogP contribution in [0, 0.1) is 0 Å². The molecular formula is C16H37NO4P+. The van der Waals surface area contributed by atoms with E-state index < -0.39 is 7.82 Å². The van der Waals surface area contributed by atoms with Crippen molar-refractivity contribution in [2.24, 2.45) is 0 Å². The van der Waals surface area contributed by atoms with Crippen LogP contribution in [0.25, 0.3) is 0 Å². The molecule has 0 heterocycles. The van der Waals surface area contributed by atoms with Gasteiger partial charge in [-0.05, 0) is 6.42 Å². The Morgan fingerprint density at radius 2 is 1.36 bits per heavy atom. The van der Waals surface area contributed by atoms with Crippen molar-refractivity contribution in [3.8, 4) is 0 Å². The number of phosphoric acid groups is 1. The molecule has 0 aromatic carbocycles. The van der Waals surface area contributed by atoms with Crippen LogP contribution in [0.1, 0.15) is 71.1 Å². The number of quaternary nitrogens is 1. The number of likely N-dealkylation sites (N-methyl/N-ethyl adjacent to an activating group) is 1. The molecule has 0 aliphatic heterocycles. The Balaban J connectivity index is 3.82. The Kier molecular flexibility index (Phi) is 11.6. The summed E-state index contributed by atoms with van der Waals surface area (Å²) in [6, 6.07) is 0. The Hall–Kier alpha value is 0.0700. The van der Waals surface area contributed by atoms with Gasteiger partial charge in [0.15, 0.2) is 0 Å². The fourth-order valence-electron chi connectivity index (χ4n) is 2.67. The molecule has 134 valence electrons. The van der Waals surface area contributed by atoms with Crippen molar-refractivity contribution < 1.29 is 23.4 Å². The van der Waals surface area contributed by atoms with Crippen molar-refractivity contribution in [1.29, 1.82) is 0 Å². The van der Waals surface area contributed by atoms with Gasteiger partial charge in [-0.15, -0.1) is 0 Å². The SMILES string of the molecule is CCCCCCCCCCCC(C[N+](C)(C)C)OP(=O)(O)O. The maximum atomic E-state index is 11.1. The number of hydrogen-bond donors (Lipinski definition) is 2. The third-order valence-corrected chi connectivity index (χ3v) is 4.24. The molecule has 0 amide bonds. The van der Waals surface area contributed by atoms with E-state index in [1.807, 2.05) is 21.1 Å². The molecule has 6 heteroatoms. The molecule has 1 atom stereocenters. The Bertz CT molecular complexity index is 312. The molecule has 2 N–H and O–H groups in total. The summed E-state index contributed by atoms with van der Waals surface area (Å²) in [6.45, 7) is 2.84. The predicted molar refractivity (Wildman–Crippen MR) is 91.7 cm³/mol. The minimum Gasteiger partial charge on any atom is -0.329 e. The van der Waals surface area contributed by atoms with Gasteiger partial charge in [0, 0.05) is 0 Å². The fraction of sp³-hybridized carbons (Fsp3) is 1.00. The molecule has 0 radical (unpaired) electrons. The van der Waals surface area contributed by atoms with Crippen molar-refractivity contribution in [3.63, 3.8) is 0 Å². The smallest absolute Gasteiger partial charge is 0.329 e. The second kappa shape index (κ2) is 11.6. The number of phosphoric ester groups is 1. The maximum Gasteiger partial charge on any atom is 0.470 e. The molecule has 0 aliphatic rings. The zero-order valence-corrected chi connectivity index (χ0v) is 15.9. The van der Waals surface area contributed by atoms with E-state index in [1.54, 1.807) is 0 Å². The Morgan fingerprint density at radius 1 is 0.909 bits per heavy atom. The molecule has 0 fully saturated rings. The minimum absolute atomic E-state index is 0.370. The average Bonchev–Trinajstić information content (AvgIpc) is 2.32. The second-order valence-corrected chi connectivity index (χ2v) is 8.50. The van der Waals surface area contributed by atoms with Crippen LogP contribution in [0.2, 0.25) is 0 Å². The molecule has 0 aliphatic carbocycles. The van der Waals surface area contributed by atoms with Crippen molar-refractivity contribution in [2.45, 2.75) is 77.2 Å². The highest BCUT2D eigenvalue weighted by molar-refractivity contribution is 7.46. The lowest BCUT2D eigenvalue weighted by molar-refractivity contribution is -0.873. The topological polar surface area (TPSA) is 66.8 Å². The monoisotopic (exact) mass is 338 g/mol. The number of nitrogens with zero attached hydrogens (tertiary/aromatic N) is 1. The van der Waals surface area contributed by atoms with E-state index in [4.69, 9.17) is 14.3 Å². The second-order valence-electron chi connectivity index (χ2n) is 7.31. The summed E-state index contributed by atoms with van der Waals surface area (Å²) < 4.78 is 16.6. The lowest BCUT2D eigenvalue weighted by Crippen LogP contribution is -2.42. The van der Waals surface area contributed by atoms with Gasteiger partial charge in [0.05, 0.1) is 21.1 Å². The van der Waals surface area contributed by atoms with Crippen LogP contribution in [-0.4, -0.2) is 48.1 Å². The summed E-state index contributed by atoms with van der Waals surface area (Å²) in [4.78, 5) is 18.0. The van der Waals surface area contributed by atoms with E-state index in [9.17, 15) is 4.57 Å². The van der Waals surface area contributed by atoms with Crippen LogP contribution in [0.15, 0.2) is 0 Å². The quantitative estimate of drug-likeness (QED) is 0.284. The highest BCUT2D eigenvalue weighted by atomic mass is 31.2. The van der Waals surface area contributed by atoms with Gasteiger partial charge in [0.25, 0.3) is 0 Å². The summed E-state index contributed by atoms with van der Waals surface area (Å²) in [5.41, 5.74) is 0. The van der Waals surface area contributed by atoms with Crippen LogP contribution in [0.5, 0.6) is 0 Å². The van der Waals surface area contributed by atoms with E-state index in [-0.39, 0.29) is 6.10 Å². The maximum absolute atomic E-state index is 11.1. The molecule has 0 rings (SSSR count). The standard InChI is InChI=1S/C16H36NO4P/c1-5-6-7-8-9-10-11-12-13-14-16(15-17(2,3)4)21-22(18,19)20/h16H,5-15H2,1-4H3,(H-,18,19,20)/p+1. The zero-order chi connectivity index (χ0) is 17.1. The normalized spacial score (nSPS) is 14.3. The molecule has 0 aromatic rings. The van der Waals surface area contributed by atoms with Gasteiger partial charge in [0.2, 0.25) is 0 Å². The highest BCUT2D eigenvalue weighted by Gasteiger charge is 2.26. The predicted octanol–water partition coefficient (Wildman–Crippen LogP) is 4.09. The molecule has 0 bridgehead atoms. The van der Waals surface area contributed by atoms with Crippen LogP contribution < -0.4 is 0 Å². The number of unbranched alkanes of at least 4 members (excludes halogenated alkanes) is 8. The van der Waals surface area contributed by atoms with E-state index in [2.05, 4.69) is 6.92 Å². The summed E-state index contributed by atoms with van der Waals surface area (Å²) in [5.74, 6) is 0. The highest BCUT2D eigenvalue weighted by Crippen LogP contribution is 2.39. The Morgan fingerprint density at radius 3 is 1.77 bits per heavy atom. The largest absolute Gasteiger partial charge is 0.470 e. The molecule has 0 saturated heterocycles. The molecule has 5 nitrogen and oxygen atoms in total. The number of rotatable bonds is 14. The van der Waals surface area contributed by atoms with E-state index in [1.165, 1.54) is 44.9 Å². The zero-order valence-electron chi connectivity index (χ0n) is 15.0. The summed E-state index contributed by atoms with van der Waals surface area (Å²) in [6.07, 6.45) is 11.5. The minimum atomic E-state index is -4.40. The first-order valence-corrected chi connectivity index (χ1v) is 10.2. The lowest BCUT2D eigenvalue weighted by Gasteiger charge is -2.29. The summed E-state index contributed by atoms with van der Waals surface area (Å²) >= 11 is 0. The first-order chi connectivity index (χ1) is 10.1. The summed E-state index contributed by atoms with van der Waals surface area (Å²) in [5, 5.41) is 0. The molecular weight excluding hydrogens is 301 g/mol. The Labute approximate surface area is 136 Å². The summed E-state index contributed by atoms with van der Waals surface area (Å²) in [7, 11) is 1.62. The lowest BCUT2D eigenvalue weighted by atomic mass is 10.0. The van der Waals surface area contributed by atoms with Crippen LogP contribution in [-0.2, 0) is 9.09 Å². The third kappa shape index (κ3) is 16.4. The fourth-order valence-corrected chi connectivity index (χ4v) is 3.23. The van der Waals surface area contributed by atoms with Gasteiger partial charge in [-0.1, -0.05) is 64.7 Å². The van der Waals surface area contributed by atoms with Crippen molar-refractivity contribution >= 4 is 7.82 Å². The molecule has 0 spiro atoms. The van der Waals surface area contributed by atoms with Gasteiger partial charge < -0.3 is 14.3 Å². The van der Waals surface area contributed by atoms with Gasteiger partial charge in [-0.2, -0.15) is 0 Å². The van der Waals surface area contributed by atoms with Crippen LogP contribution >= 0.6 is 7.82 Å². The van der Waals surface area contributed by atoms with E-state index in [0.717, 1.165) is 19.3 Å². The van der Waals surface area contributed by atoms with Crippen molar-refractivity contribution in [1.82, 2.24) is 0 Å². The first-order valence-electron chi connectivity index (χ1n) is 8.68. The molecule has 0 aromatic heterocycles. The molecule has 0 saturated carbocycles. The van der Waals surface area contributed by atoms with Gasteiger partial charge in [-0.3, -0.25) is 4.52 Å². The van der Waals surface area contributed by atoms with E-state index in [0.29, 0.717) is 11.0 Å². The van der Waals surface area contributed by atoms with Crippen molar-refractivity contribution in [2.75, 3.05) is 27.7 Å². The van der Waals surface area contributed by atoms with Crippen LogP contribution in [0.4, 0.5) is 0 Å². The number of hydrogen-bond acceptors (Lipinski definition) is 2. The first kappa shape index (κ1) is 22.1. The van der Waals surface area contributed by atoms with Crippen LogP contribution in [0.3, 0.4) is 0 Å².